The highest BCUT2D eigenvalue weighted by atomic mass is 16.5. The fraction of sp³-hybridized carbons (Fsp3) is 0.133. The molecule has 3 aromatic rings. The number of ether oxygens (including phenoxy) is 1. The zero-order valence-electron chi connectivity index (χ0n) is 10.5. The summed E-state index contributed by atoms with van der Waals surface area (Å²) >= 11 is 0. The molecule has 1 atom stereocenters. The SMILES string of the molecule is N#Cc1ccc2nnc(C3COc4ccccc43)n2c1. The molecule has 5 heteroatoms. The maximum atomic E-state index is 9.02. The highest BCUT2D eigenvalue weighted by molar-refractivity contribution is 5.47. The van der Waals surface area contributed by atoms with Crippen molar-refractivity contribution in [3.05, 3.63) is 59.5 Å². The van der Waals surface area contributed by atoms with Crippen LogP contribution in [0.1, 0.15) is 22.9 Å². The normalized spacial score (nSPS) is 16.6. The topological polar surface area (TPSA) is 63.2 Å². The van der Waals surface area contributed by atoms with E-state index in [0.29, 0.717) is 12.2 Å². The van der Waals surface area contributed by atoms with Gasteiger partial charge in [-0.1, -0.05) is 18.2 Å². The summed E-state index contributed by atoms with van der Waals surface area (Å²) in [5.41, 5.74) is 2.44. The van der Waals surface area contributed by atoms with Crippen molar-refractivity contribution in [3.8, 4) is 11.8 Å². The summed E-state index contributed by atoms with van der Waals surface area (Å²) in [5, 5.41) is 17.5. The summed E-state index contributed by atoms with van der Waals surface area (Å²) in [6.07, 6.45) is 1.77. The van der Waals surface area contributed by atoms with Crippen LogP contribution >= 0.6 is 0 Å². The second kappa shape index (κ2) is 4.07. The number of fused-ring (bicyclic) bond motifs is 2. The Bertz CT molecular complexity index is 846. The minimum Gasteiger partial charge on any atom is -0.492 e. The van der Waals surface area contributed by atoms with Crippen LogP contribution < -0.4 is 4.74 Å². The Morgan fingerprint density at radius 1 is 1.20 bits per heavy atom. The highest BCUT2D eigenvalue weighted by Gasteiger charge is 2.29. The lowest BCUT2D eigenvalue weighted by Gasteiger charge is -2.06. The van der Waals surface area contributed by atoms with Gasteiger partial charge in [0.15, 0.2) is 5.65 Å². The van der Waals surface area contributed by atoms with Crippen LogP contribution in [0.3, 0.4) is 0 Å². The van der Waals surface area contributed by atoms with Gasteiger partial charge >= 0.3 is 0 Å². The Hall–Kier alpha value is -2.87. The van der Waals surface area contributed by atoms with Crippen molar-refractivity contribution in [1.82, 2.24) is 14.6 Å². The predicted molar refractivity (Wildman–Crippen MR) is 71.5 cm³/mol. The molecule has 1 aliphatic heterocycles. The van der Waals surface area contributed by atoms with Crippen LogP contribution in [0.25, 0.3) is 5.65 Å². The molecule has 0 saturated heterocycles. The first-order valence-corrected chi connectivity index (χ1v) is 6.33. The summed E-state index contributed by atoms with van der Waals surface area (Å²) in [5.74, 6) is 1.75. The molecule has 0 radical (unpaired) electrons. The number of rotatable bonds is 1. The lowest BCUT2D eigenvalue weighted by Crippen LogP contribution is -2.07. The van der Waals surface area contributed by atoms with Crippen molar-refractivity contribution in [1.29, 1.82) is 5.26 Å². The summed E-state index contributed by atoms with van der Waals surface area (Å²) in [4.78, 5) is 0. The molecule has 3 heterocycles. The summed E-state index contributed by atoms with van der Waals surface area (Å²) in [6.45, 7) is 0.553. The quantitative estimate of drug-likeness (QED) is 0.674. The average Bonchev–Trinajstić information content (AvgIpc) is 3.09. The average molecular weight is 262 g/mol. The van der Waals surface area contributed by atoms with Crippen molar-refractivity contribution in [2.24, 2.45) is 0 Å². The van der Waals surface area contributed by atoms with Gasteiger partial charge in [-0.2, -0.15) is 5.26 Å². The van der Waals surface area contributed by atoms with E-state index in [9.17, 15) is 0 Å². The van der Waals surface area contributed by atoms with E-state index < -0.39 is 0 Å². The maximum Gasteiger partial charge on any atom is 0.160 e. The van der Waals surface area contributed by atoms with E-state index in [0.717, 1.165) is 22.8 Å². The Morgan fingerprint density at radius 3 is 3.00 bits per heavy atom. The van der Waals surface area contributed by atoms with Crippen LogP contribution in [0.5, 0.6) is 5.75 Å². The van der Waals surface area contributed by atoms with Gasteiger partial charge in [-0.15, -0.1) is 10.2 Å². The van der Waals surface area contributed by atoms with Gasteiger partial charge in [0.2, 0.25) is 0 Å². The fourth-order valence-corrected chi connectivity index (χ4v) is 2.59. The highest BCUT2D eigenvalue weighted by Crippen LogP contribution is 2.37. The lowest BCUT2D eigenvalue weighted by atomic mass is 10.0. The van der Waals surface area contributed by atoms with Gasteiger partial charge in [0.05, 0.1) is 11.5 Å². The second-order valence-electron chi connectivity index (χ2n) is 4.72. The number of pyridine rings is 1. The van der Waals surface area contributed by atoms with Gasteiger partial charge in [-0.25, -0.2) is 0 Å². The molecule has 0 fully saturated rings. The molecule has 1 aliphatic rings. The van der Waals surface area contributed by atoms with Crippen molar-refractivity contribution in [3.63, 3.8) is 0 Å². The van der Waals surface area contributed by atoms with Crippen molar-refractivity contribution in [2.75, 3.05) is 6.61 Å². The van der Waals surface area contributed by atoms with Crippen LogP contribution in [0.15, 0.2) is 42.6 Å². The smallest absolute Gasteiger partial charge is 0.160 e. The number of para-hydroxylation sites is 1. The fourth-order valence-electron chi connectivity index (χ4n) is 2.59. The van der Waals surface area contributed by atoms with Crippen LogP contribution in [0, 0.1) is 11.3 Å². The van der Waals surface area contributed by atoms with Crippen LogP contribution in [-0.4, -0.2) is 21.2 Å². The van der Waals surface area contributed by atoms with Gasteiger partial charge in [-0.3, -0.25) is 4.40 Å². The number of nitrogens with zero attached hydrogens (tertiary/aromatic N) is 4. The second-order valence-corrected chi connectivity index (χ2v) is 4.72. The standard InChI is InChI=1S/C15H10N4O/c16-7-10-5-6-14-17-18-15(19(14)8-10)12-9-20-13-4-2-1-3-11(12)13/h1-6,8,12H,9H2. The molecule has 0 bridgehead atoms. The summed E-state index contributed by atoms with van der Waals surface area (Å²) < 4.78 is 7.56. The third-order valence-electron chi connectivity index (χ3n) is 3.57. The third-order valence-corrected chi connectivity index (χ3v) is 3.57. The van der Waals surface area contributed by atoms with E-state index in [1.54, 1.807) is 18.3 Å². The minimum absolute atomic E-state index is 0.0511. The van der Waals surface area contributed by atoms with E-state index in [-0.39, 0.29) is 5.92 Å². The molecule has 5 nitrogen and oxygen atoms in total. The summed E-state index contributed by atoms with van der Waals surface area (Å²) in [6, 6.07) is 13.6. The van der Waals surface area contributed by atoms with Crippen LogP contribution in [0.4, 0.5) is 0 Å². The lowest BCUT2D eigenvalue weighted by molar-refractivity contribution is 0.339. The molecule has 0 N–H and O–H groups in total. The first-order valence-electron chi connectivity index (χ1n) is 6.33. The first kappa shape index (κ1) is 11.0. The Kier molecular flexibility index (Phi) is 2.24. The Labute approximate surface area is 115 Å². The number of hydrogen-bond acceptors (Lipinski definition) is 4. The Balaban J connectivity index is 1.90. The number of benzene rings is 1. The third kappa shape index (κ3) is 1.48. The van der Waals surface area contributed by atoms with Gasteiger partial charge in [0.1, 0.15) is 24.3 Å². The zero-order valence-corrected chi connectivity index (χ0v) is 10.5. The molecule has 4 rings (SSSR count). The predicted octanol–water partition coefficient (Wildman–Crippen LogP) is 2.13. The molecule has 0 amide bonds. The molecule has 1 unspecified atom stereocenters. The van der Waals surface area contributed by atoms with Crippen molar-refractivity contribution >= 4 is 5.65 Å². The van der Waals surface area contributed by atoms with E-state index in [2.05, 4.69) is 16.3 Å². The molecular weight excluding hydrogens is 252 g/mol. The van der Waals surface area contributed by atoms with Crippen molar-refractivity contribution < 1.29 is 4.74 Å². The van der Waals surface area contributed by atoms with Gasteiger partial charge in [-0.05, 0) is 18.2 Å². The largest absolute Gasteiger partial charge is 0.492 e. The molecule has 96 valence electrons. The molecule has 0 saturated carbocycles. The molecule has 1 aromatic carbocycles. The van der Waals surface area contributed by atoms with Gasteiger partial charge in [0.25, 0.3) is 0 Å². The van der Waals surface area contributed by atoms with Gasteiger partial charge < -0.3 is 4.74 Å². The number of nitriles is 1. The Morgan fingerprint density at radius 2 is 2.10 bits per heavy atom. The molecule has 0 aliphatic carbocycles. The molecule has 2 aromatic heterocycles. The monoisotopic (exact) mass is 262 g/mol. The minimum atomic E-state index is 0.0511. The number of aromatic nitrogens is 3. The van der Waals surface area contributed by atoms with Crippen LogP contribution in [-0.2, 0) is 0 Å². The molecule has 20 heavy (non-hydrogen) atoms. The van der Waals surface area contributed by atoms with E-state index >= 15 is 0 Å². The molecule has 0 spiro atoms. The first-order chi connectivity index (χ1) is 9.86. The maximum absolute atomic E-state index is 9.02. The molecular formula is C15H10N4O. The zero-order chi connectivity index (χ0) is 13.5. The van der Waals surface area contributed by atoms with Crippen molar-refractivity contribution in [2.45, 2.75) is 5.92 Å². The summed E-state index contributed by atoms with van der Waals surface area (Å²) in [7, 11) is 0. The van der Waals surface area contributed by atoms with E-state index in [1.165, 1.54) is 0 Å². The van der Waals surface area contributed by atoms with E-state index in [1.807, 2.05) is 28.7 Å². The number of hydrogen-bond donors (Lipinski definition) is 0. The van der Waals surface area contributed by atoms with Crippen LogP contribution in [0.2, 0.25) is 0 Å². The van der Waals surface area contributed by atoms with E-state index in [4.69, 9.17) is 10.00 Å². The van der Waals surface area contributed by atoms with Gasteiger partial charge in [0, 0.05) is 11.8 Å².